The summed E-state index contributed by atoms with van der Waals surface area (Å²) in [5.74, 6) is -1.57. The van der Waals surface area contributed by atoms with E-state index in [1.165, 1.54) is 4.90 Å². The van der Waals surface area contributed by atoms with Gasteiger partial charge in [0.2, 0.25) is 10.0 Å². The Morgan fingerprint density at radius 1 is 1.35 bits per heavy atom. The number of halogens is 4. The van der Waals surface area contributed by atoms with Gasteiger partial charge >= 0.3 is 35.6 Å². The average molecular weight is 455 g/mol. The number of sulfonamides is 1. The number of anilines is 2. The van der Waals surface area contributed by atoms with E-state index in [0.29, 0.717) is 4.90 Å². The largest absolute Gasteiger partial charge is 1.00 e. The molecule has 0 aliphatic carbocycles. The maximum atomic E-state index is 14.3. The Kier molecular flexibility index (Phi) is 6.76. The summed E-state index contributed by atoms with van der Waals surface area (Å²) in [6, 6.07) is 0.327. The van der Waals surface area contributed by atoms with Gasteiger partial charge in [0.05, 0.1) is 21.8 Å². The van der Waals surface area contributed by atoms with Gasteiger partial charge in [0.1, 0.15) is 17.1 Å². The second kappa shape index (κ2) is 7.98. The SMILES string of the molecule is O=C1C2CC(Cl)CN2C(=O)N1c1cc(NS(=O)(=O)CCl)c(Cl)cc1F.[H-].[Na+]. The molecule has 2 atom stereocenters. The third-order valence-corrected chi connectivity index (χ3v) is 6.19. The molecule has 1 aromatic carbocycles. The van der Waals surface area contributed by atoms with Crippen LogP contribution in [0, 0.1) is 5.82 Å². The van der Waals surface area contributed by atoms with Crippen LogP contribution in [-0.2, 0) is 14.8 Å². The standard InChI is InChI=1S/C13H11Cl3FN3O4S.Na.H/c14-5-25(23,24)18-9-3-10(8(17)2-7(9)16)20-12(21)11-1-6(15)4-19(11)13(20)22;;/h2-3,6,11,18H,1,4-5H2;;/q;+1;-1. The van der Waals surface area contributed by atoms with Gasteiger partial charge in [-0.1, -0.05) is 11.6 Å². The molecule has 7 nitrogen and oxygen atoms in total. The van der Waals surface area contributed by atoms with Gasteiger partial charge in [0.25, 0.3) is 5.91 Å². The first-order chi connectivity index (χ1) is 11.6. The molecule has 0 bridgehead atoms. The first kappa shape index (κ1) is 22.0. The number of rotatable bonds is 4. The molecule has 0 saturated carbocycles. The quantitative estimate of drug-likeness (QED) is 0.384. The average Bonchev–Trinajstić information content (AvgIpc) is 3.01. The zero-order valence-electron chi connectivity index (χ0n) is 14.4. The molecule has 1 aromatic rings. The van der Waals surface area contributed by atoms with Gasteiger partial charge in [-0.25, -0.2) is 22.5 Å². The fraction of sp³-hybridized carbons (Fsp3) is 0.385. The van der Waals surface area contributed by atoms with Gasteiger partial charge in [-0.15, -0.1) is 23.2 Å². The minimum absolute atomic E-state index is 0. The van der Waals surface area contributed by atoms with Crippen molar-refractivity contribution in [3.63, 3.8) is 0 Å². The van der Waals surface area contributed by atoms with Gasteiger partial charge in [-0.2, -0.15) is 0 Å². The molecule has 2 heterocycles. The van der Waals surface area contributed by atoms with Gasteiger partial charge in [0, 0.05) is 6.54 Å². The van der Waals surface area contributed by atoms with E-state index >= 15 is 0 Å². The number of alkyl halides is 2. The van der Waals surface area contributed by atoms with Crippen LogP contribution in [0.15, 0.2) is 12.1 Å². The third-order valence-electron chi connectivity index (χ3n) is 3.88. The number of benzene rings is 1. The molecule has 2 aliphatic rings. The van der Waals surface area contributed by atoms with E-state index in [1.807, 2.05) is 0 Å². The van der Waals surface area contributed by atoms with Crippen LogP contribution in [-0.4, -0.2) is 48.4 Å². The number of urea groups is 1. The summed E-state index contributed by atoms with van der Waals surface area (Å²) in [5.41, 5.74) is -0.589. The summed E-state index contributed by atoms with van der Waals surface area (Å²) in [7, 11) is -3.91. The van der Waals surface area contributed by atoms with Crippen LogP contribution in [0.1, 0.15) is 7.85 Å². The van der Waals surface area contributed by atoms with E-state index < -0.39 is 44.7 Å². The molecule has 0 radical (unpaired) electrons. The Bertz CT molecular complexity index is 855. The number of carbonyl (C=O) groups excluding carboxylic acids is 2. The molecule has 2 unspecified atom stereocenters. The fourth-order valence-corrected chi connectivity index (χ4v) is 4.10. The molecule has 3 rings (SSSR count). The number of fused-ring (bicyclic) bond motifs is 1. The van der Waals surface area contributed by atoms with E-state index in [2.05, 4.69) is 4.72 Å². The maximum Gasteiger partial charge on any atom is 1.00 e. The van der Waals surface area contributed by atoms with Crippen molar-refractivity contribution in [3.8, 4) is 0 Å². The van der Waals surface area contributed by atoms with Crippen molar-refractivity contribution in [3.05, 3.63) is 23.0 Å². The van der Waals surface area contributed by atoms with Crippen molar-refractivity contribution in [2.45, 2.75) is 17.8 Å². The second-order valence-electron chi connectivity index (χ2n) is 5.57. The summed E-state index contributed by atoms with van der Waals surface area (Å²) in [6.45, 7) is 0.175. The minimum atomic E-state index is -3.91. The second-order valence-corrected chi connectivity index (χ2v) is 8.90. The summed E-state index contributed by atoms with van der Waals surface area (Å²) >= 11 is 17.1. The Morgan fingerprint density at radius 2 is 2.00 bits per heavy atom. The van der Waals surface area contributed by atoms with Crippen molar-refractivity contribution in [1.29, 1.82) is 0 Å². The molecular weight excluding hydrogens is 443 g/mol. The van der Waals surface area contributed by atoms with E-state index in [0.717, 1.165) is 12.1 Å². The van der Waals surface area contributed by atoms with Crippen LogP contribution in [0.25, 0.3) is 0 Å². The Hall–Kier alpha value is -0.290. The van der Waals surface area contributed by atoms with Crippen molar-refractivity contribution >= 4 is 68.1 Å². The molecule has 2 aliphatic heterocycles. The number of imide groups is 1. The van der Waals surface area contributed by atoms with E-state index in [1.54, 1.807) is 0 Å². The number of hydrogen-bond donors (Lipinski definition) is 1. The summed E-state index contributed by atoms with van der Waals surface area (Å²) in [5, 5.41) is -1.33. The molecular formula is C13H12Cl3FN3NaO4S. The van der Waals surface area contributed by atoms with Crippen molar-refractivity contribution in [2.24, 2.45) is 0 Å². The predicted octanol–water partition coefficient (Wildman–Crippen LogP) is -0.318. The van der Waals surface area contributed by atoms with Gasteiger partial charge in [-0.05, 0) is 18.6 Å². The van der Waals surface area contributed by atoms with Crippen LogP contribution >= 0.6 is 34.8 Å². The maximum absolute atomic E-state index is 14.3. The molecule has 0 aromatic heterocycles. The van der Waals surface area contributed by atoms with Crippen LogP contribution in [0.3, 0.4) is 0 Å². The number of amides is 3. The van der Waals surface area contributed by atoms with Gasteiger partial charge in [0.15, 0.2) is 0 Å². The molecule has 26 heavy (non-hydrogen) atoms. The topological polar surface area (TPSA) is 86.8 Å². The first-order valence-electron chi connectivity index (χ1n) is 6.98. The van der Waals surface area contributed by atoms with E-state index in [4.69, 9.17) is 34.8 Å². The molecule has 1 N–H and O–H groups in total. The molecule has 2 fully saturated rings. The Labute approximate surface area is 187 Å². The fourth-order valence-electron chi connectivity index (χ4n) is 2.81. The van der Waals surface area contributed by atoms with Crippen molar-refractivity contribution in [2.75, 3.05) is 21.4 Å². The number of nitrogens with zero attached hydrogens (tertiary/aromatic N) is 2. The first-order valence-corrected chi connectivity index (χ1v) is 9.99. The zero-order chi connectivity index (χ0) is 18.5. The van der Waals surface area contributed by atoms with Gasteiger partial charge < -0.3 is 6.33 Å². The smallest absolute Gasteiger partial charge is 1.00 e. The third kappa shape index (κ3) is 3.94. The Morgan fingerprint density at radius 3 is 2.58 bits per heavy atom. The predicted molar refractivity (Wildman–Crippen MR) is 93.4 cm³/mol. The summed E-state index contributed by atoms with van der Waals surface area (Å²) < 4.78 is 39.6. The minimum Gasteiger partial charge on any atom is -1.00 e. The van der Waals surface area contributed by atoms with Crippen molar-refractivity contribution in [1.82, 2.24) is 4.90 Å². The monoisotopic (exact) mass is 453 g/mol. The Balaban J connectivity index is 0.00000182. The summed E-state index contributed by atoms with van der Waals surface area (Å²) in [6.07, 6.45) is 0.267. The van der Waals surface area contributed by atoms with Crippen LogP contribution < -0.4 is 39.2 Å². The molecule has 13 heteroatoms. The van der Waals surface area contributed by atoms with E-state index in [9.17, 15) is 22.4 Å². The molecule has 3 amide bonds. The number of carbonyl (C=O) groups is 2. The molecule has 0 spiro atoms. The summed E-state index contributed by atoms with van der Waals surface area (Å²) in [4.78, 5) is 26.8. The number of nitrogens with one attached hydrogen (secondary N) is 1. The number of hydrogen-bond acceptors (Lipinski definition) is 4. The van der Waals surface area contributed by atoms with Crippen LogP contribution in [0.5, 0.6) is 0 Å². The van der Waals surface area contributed by atoms with Crippen molar-refractivity contribution < 1.29 is 53.4 Å². The zero-order valence-corrected chi connectivity index (χ0v) is 18.5. The molecule has 138 valence electrons. The normalized spacial score (nSPS) is 22.5. The molecule has 2 saturated heterocycles. The van der Waals surface area contributed by atoms with Crippen LogP contribution in [0.4, 0.5) is 20.6 Å². The van der Waals surface area contributed by atoms with Crippen LogP contribution in [0.2, 0.25) is 5.02 Å². The van der Waals surface area contributed by atoms with Gasteiger partial charge in [-0.3, -0.25) is 9.52 Å². The van der Waals surface area contributed by atoms with E-state index in [-0.39, 0.29) is 60.0 Å².